The number of alkyl halides is 1. The van der Waals surface area contributed by atoms with Gasteiger partial charge in [0.1, 0.15) is 0 Å². The Morgan fingerprint density at radius 1 is 1.21 bits per heavy atom. The molecule has 0 radical (unpaired) electrons. The van der Waals surface area contributed by atoms with Crippen LogP contribution in [0.1, 0.15) is 32.8 Å². The van der Waals surface area contributed by atoms with E-state index in [1.807, 2.05) is 18.2 Å². The Balaban J connectivity index is 2.48. The van der Waals surface area contributed by atoms with Gasteiger partial charge in [-0.3, -0.25) is 0 Å². The second-order valence-electron chi connectivity index (χ2n) is 5.96. The molecule has 0 aliphatic carbocycles. The highest BCUT2D eigenvalue weighted by molar-refractivity contribution is 7.88. The summed E-state index contributed by atoms with van der Waals surface area (Å²) in [5.41, 5.74) is 0.869. The zero-order valence-electron chi connectivity index (χ0n) is 11.7. The van der Waals surface area contributed by atoms with E-state index in [1.54, 1.807) is 12.1 Å². The molecule has 0 aliphatic heterocycles. The molecule has 0 spiro atoms. The van der Waals surface area contributed by atoms with Gasteiger partial charge in [-0.2, -0.15) is 0 Å². The molecular weight excluding hydrogens is 282 g/mol. The maximum absolute atomic E-state index is 11.9. The smallest absolute Gasteiger partial charge is 0.213 e. The monoisotopic (exact) mass is 303 g/mol. The van der Waals surface area contributed by atoms with Crippen molar-refractivity contribution in [1.82, 2.24) is 4.72 Å². The normalized spacial score (nSPS) is 14.3. The molecule has 0 aromatic heterocycles. The maximum atomic E-state index is 11.9. The predicted molar refractivity (Wildman–Crippen MR) is 80.8 cm³/mol. The van der Waals surface area contributed by atoms with E-state index in [2.05, 4.69) is 25.5 Å². The molecule has 0 bridgehead atoms. The number of hydrogen-bond acceptors (Lipinski definition) is 2. The molecule has 1 aromatic carbocycles. The number of hydrogen-bond donors (Lipinski definition) is 1. The Bertz CT molecular complexity index is 480. The third-order valence-corrected chi connectivity index (χ3v) is 4.19. The quantitative estimate of drug-likeness (QED) is 0.821. The number of halogens is 1. The van der Waals surface area contributed by atoms with Gasteiger partial charge in [0.15, 0.2) is 0 Å². The number of sulfonamides is 1. The Hall–Kier alpha value is -0.580. The Kier molecular flexibility index (Phi) is 5.83. The highest BCUT2D eigenvalue weighted by Gasteiger charge is 2.19. The summed E-state index contributed by atoms with van der Waals surface area (Å²) in [7, 11) is -3.32. The molecule has 0 heterocycles. The molecule has 1 unspecified atom stereocenters. The first kappa shape index (κ1) is 16.5. The first-order valence-electron chi connectivity index (χ1n) is 6.33. The van der Waals surface area contributed by atoms with Gasteiger partial charge in [0, 0.05) is 11.9 Å². The zero-order chi connectivity index (χ0) is 14.5. The average Bonchev–Trinajstić information content (AvgIpc) is 2.25. The highest BCUT2D eigenvalue weighted by Crippen LogP contribution is 2.23. The van der Waals surface area contributed by atoms with Gasteiger partial charge >= 0.3 is 0 Å². The standard InChI is InChI=1S/C14H22ClNO2S/c1-14(2,3)9-13(15)10-16-19(17,18)11-12-7-5-4-6-8-12/h4-8,13,16H,9-11H2,1-3H3. The van der Waals surface area contributed by atoms with Crippen molar-refractivity contribution < 1.29 is 8.42 Å². The van der Waals surface area contributed by atoms with Crippen molar-refractivity contribution in [2.45, 2.75) is 38.3 Å². The van der Waals surface area contributed by atoms with E-state index in [9.17, 15) is 8.42 Å². The minimum Gasteiger partial charge on any atom is -0.213 e. The lowest BCUT2D eigenvalue weighted by Gasteiger charge is -2.22. The van der Waals surface area contributed by atoms with Crippen LogP contribution in [-0.2, 0) is 15.8 Å². The average molecular weight is 304 g/mol. The van der Waals surface area contributed by atoms with Gasteiger partial charge in [0.25, 0.3) is 0 Å². The van der Waals surface area contributed by atoms with Crippen molar-refractivity contribution in [1.29, 1.82) is 0 Å². The van der Waals surface area contributed by atoms with E-state index >= 15 is 0 Å². The van der Waals surface area contributed by atoms with Crippen molar-refractivity contribution in [2.24, 2.45) is 5.41 Å². The van der Waals surface area contributed by atoms with Gasteiger partial charge in [-0.1, -0.05) is 51.1 Å². The van der Waals surface area contributed by atoms with E-state index in [0.29, 0.717) is 0 Å². The first-order valence-corrected chi connectivity index (χ1v) is 8.42. The minimum absolute atomic E-state index is 0.00698. The summed E-state index contributed by atoms with van der Waals surface area (Å²) in [5, 5.41) is -0.189. The van der Waals surface area contributed by atoms with Crippen molar-refractivity contribution >= 4 is 21.6 Å². The summed E-state index contributed by atoms with van der Waals surface area (Å²) < 4.78 is 26.4. The van der Waals surface area contributed by atoms with Crippen LogP contribution >= 0.6 is 11.6 Å². The fourth-order valence-electron chi connectivity index (χ4n) is 1.80. The van der Waals surface area contributed by atoms with Crippen LogP contribution in [-0.4, -0.2) is 20.3 Å². The fourth-order valence-corrected chi connectivity index (χ4v) is 3.62. The van der Waals surface area contributed by atoms with Crippen LogP contribution in [0.15, 0.2) is 30.3 Å². The summed E-state index contributed by atoms with van der Waals surface area (Å²) in [6.45, 7) is 6.52. The summed E-state index contributed by atoms with van der Waals surface area (Å²) in [6, 6.07) is 9.12. The predicted octanol–water partition coefficient (Wildman–Crippen LogP) is 3.15. The largest absolute Gasteiger partial charge is 0.215 e. The topological polar surface area (TPSA) is 46.2 Å². The van der Waals surface area contributed by atoms with Gasteiger partial charge in [0.05, 0.1) is 5.75 Å². The number of rotatable bonds is 6. The second-order valence-corrected chi connectivity index (χ2v) is 8.38. The molecule has 1 aromatic rings. The van der Waals surface area contributed by atoms with Crippen LogP contribution in [0.4, 0.5) is 0 Å². The van der Waals surface area contributed by atoms with Crippen LogP contribution in [0.2, 0.25) is 0 Å². The molecule has 0 fully saturated rings. The molecule has 1 atom stereocenters. The summed E-state index contributed by atoms with van der Waals surface area (Å²) in [4.78, 5) is 0. The molecule has 0 aliphatic rings. The van der Waals surface area contributed by atoms with E-state index < -0.39 is 10.0 Å². The molecule has 1 rings (SSSR count). The first-order chi connectivity index (χ1) is 8.68. The van der Waals surface area contributed by atoms with Crippen molar-refractivity contribution in [3.63, 3.8) is 0 Å². The van der Waals surface area contributed by atoms with Crippen molar-refractivity contribution in [3.8, 4) is 0 Å². The zero-order valence-corrected chi connectivity index (χ0v) is 13.3. The second kappa shape index (κ2) is 6.73. The lowest BCUT2D eigenvalue weighted by atomic mass is 9.90. The lowest BCUT2D eigenvalue weighted by Crippen LogP contribution is -2.32. The minimum atomic E-state index is -3.32. The number of nitrogens with one attached hydrogen (secondary N) is 1. The molecule has 0 saturated carbocycles. The molecule has 3 nitrogen and oxygen atoms in total. The molecule has 1 N–H and O–H groups in total. The van der Waals surface area contributed by atoms with E-state index in [-0.39, 0.29) is 23.1 Å². The van der Waals surface area contributed by atoms with Crippen LogP contribution in [0.5, 0.6) is 0 Å². The Morgan fingerprint density at radius 2 is 1.79 bits per heavy atom. The van der Waals surface area contributed by atoms with Gasteiger partial charge in [-0.25, -0.2) is 13.1 Å². The van der Waals surface area contributed by atoms with Gasteiger partial charge in [-0.05, 0) is 17.4 Å². The SMILES string of the molecule is CC(C)(C)CC(Cl)CNS(=O)(=O)Cc1ccccc1. The van der Waals surface area contributed by atoms with Crippen LogP contribution < -0.4 is 4.72 Å². The highest BCUT2D eigenvalue weighted by atomic mass is 35.5. The number of benzene rings is 1. The van der Waals surface area contributed by atoms with E-state index in [0.717, 1.165) is 12.0 Å². The van der Waals surface area contributed by atoms with Crippen LogP contribution in [0.25, 0.3) is 0 Å². The van der Waals surface area contributed by atoms with Gasteiger partial charge in [-0.15, -0.1) is 11.6 Å². The molecule has 108 valence electrons. The van der Waals surface area contributed by atoms with Crippen molar-refractivity contribution in [3.05, 3.63) is 35.9 Å². The lowest BCUT2D eigenvalue weighted by molar-refractivity contribution is 0.369. The third-order valence-electron chi connectivity index (χ3n) is 2.56. The third kappa shape index (κ3) is 7.55. The molecule has 0 saturated heterocycles. The molecule has 0 amide bonds. The van der Waals surface area contributed by atoms with Crippen LogP contribution in [0.3, 0.4) is 0 Å². The van der Waals surface area contributed by atoms with E-state index in [4.69, 9.17) is 11.6 Å². The Morgan fingerprint density at radius 3 is 2.32 bits per heavy atom. The molecule has 19 heavy (non-hydrogen) atoms. The summed E-state index contributed by atoms with van der Waals surface area (Å²) in [5.74, 6) is -0.00698. The van der Waals surface area contributed by atoms with Crippen molar-refractivity contribution in [2.75, 3.05) is 6.54 Å². The van der Waals surface area contributed by atoms with Gasteiger partial charge < -0.3 is 0 Å². The molecule has 5 heteroatoms. The molecular formula is C14H22ClNO2S. The van der Waals surface area contributed by atoms with Gasteiger partial charge in [0.2, 0.25) is 10.0 Å². The fraction of sp³-hybridized carbons (Fsp3) is 0.571. The van der Waals surface area contributed by atoms with E-state index in [1.165, 1.54) is 0 Å². The summed E-state index contributed by atoms with van der Waals surface area (Å²) in [6.07, 6.45) is 0.766. The summed E-state index contributed by atoms with van der Waals surface area (Å²) >= 11 is 6.15. The maximum Gasteiger partial charge on any atom is 0.215 e. The Labute approximate surface area is 121 Å². The van der Waals surface area contributed by atoms with Crippen LogP contribution in [0, 0.1) is 5.41 Å².